The van der Waals surface area contributed by atoms with Crippen molar-refractivity contribution in [2.45, 2.75) is 56.3 Å². The molecule has 2 aliphatic carbocycles. The molecule has 2 heterocycles. The highest BCUT2D eigenvalue weighted by Crippen LogP contribution is 2.48. The van der Waals surface area contributed by atoms with Gasteiger partial charge in [-0.15, -0.1) is 0 Å². The number of rotatable bonds is 3. The van der Waals surface area contributed by atoms with Crippen molar-refractivity contribution in [3.63, 3.8) is 0 Å². The van der Waals surface area contributed by atoms with Crippen molar-refractivity contribution in [1.82, 2.24) is 9.97 Å². The SMILES string of the molecule is O=C(Nc1ccc2c(c1)C1(CCCCC1)C(=O)N2)c1cnc(C2CC2)[nH]c1=O. The Morgan fingerprint density at radius 1 is 1.14 bits per heavy atom. The quantitative estimate of drug-likeness (QED) is 0.763. The number of carbonyl (C=O) groups excluding carboxylic acids is 2. The van der Waals surface area contributed by atoms with Crippen LogP contribution in [-0.2, 0) is 10.2 Å². The van der Waals surface area contributed by atoms with E-state index in [0.717, 1.165) is 56.2 Å². The fourth-order valence-corrected chi connectivity index (χ4v) is 4.48. The number of hydrogen-bond acceptors (Lipinski definition) is 4. The van der Waals surface area contributed by atoms with Crippen molar-refractivity contribution in [2.24, 2.45) is 0 Å². The first kappa shape index (κ1) is 17.2. The molecule has 2 fully saturated rings. The lowest BCUT2D eigenvalue weighted by Crippen LogP contribution is -2.36. The predicted molar refractivity (Wildman–Crippen MR) is 105 cm³/mol. The van der Waals surface area contributed by atoms with Gasteiger partial charge in [-0.3, -0.25) is 14.4 Å². The highest BCUT2D eigenvalue weighted by atomic mass is 16.2. The predicted octanol–water partition coefficient (Wildman–Crippen LogP) is 3.05. The van der Waals surface area contributed by atoms with Crippen molar-refractivity contribution in [2.75, 3.05) is 10.6 Å². The Kier molecular flexibility index (Phi) is 3.86. The average Bonchev–Trinajstić information content (AvgIpc) is 3.51. The Bertz CT molecular complexity index is 1030. The standard InChI is InChI=1S/C21H22N4O3/c26-18(14-11-22-17(12-4-5-12)25-19(14)27)23-13-6-7-16-15(10-13)21(20(28)24-16)8-2-1-3-9-21/h6-7,10-12H,1-5,8-9H2,(H,23,26)(H,24,28)(H,22,25,27). The number of anilines is 2. The van der Waals surface area contributed by atoms with Crippen molar-refractivity contribution >= 4 is 23.2 Å². The molecule has 1 aromatic carbocycles. The molecule has 144 valence electrons. The van der Waals surface area contributed by atoms with E-state index in [2.05, 4.69) is 20.6 Å². The molecule has 28 heavy (non-hydrogen) atoms. The highest BCUT2D eigenvalue weighted by molar-refractivity contribution is 6.08. The van der Waals surface area contributed by atoms with Crippen LogP contribution in [0.4, 0.5) is 11.4 Å². The second-order valence-corrected chi connectivity index (χ2v) is 8.10. The Labute approximate surface area is 162 Å². The van der Waals surface area contributed by atoms with Crippen molar-refractivity contribution in [3.05, 3.63) is 51.7 Å². The summed E-state index contributed by atoms with van der Waals surface area (Å²) in [4.78, 5) is 44.5. The van der Waals surface area contributed by atoms with Crippen LogP contribution in [0.5, 0.6) is 0 Å². The zero-order valence-electron chi connectivity index (χ0n) is 15.5. The van der Waals surface area contributed by atoms with E-state index in [9.17, 15) is 14.4 Å². The number of carbonyl (C=O) groups is 2. The van der Waals surface area contributed by atoms with E-state index in [1.807, 2.05) is 12.1 Å². The number of H-pyrrole nitrogens is 1. The van der Waals surface area contributed by atoms with Crippen LogP contribution < -0.4 is 16.2 Å². The first-order chi connectivity index (χ1) is 13.6. The third-order valence-corrected chi connectivity index (χ3v) is 6.21. The van der Waals surface area contributed by atoms with Gasteiger partial charge < -0.3 is 15.6 Å². The normalized spacial score (nSPS) is 19.9. The maximum Gasteiger partial charge on any atom is 0.263 e. The van der Waals surface area contributed by atoms with Crippen LogP contribution in [0.2, 0.25) is 0 Å². The van der Waals surface area contributed by atoms with Crippen LogP contribution in [0.3, 0.4) is 0 Å². The number of fused-ring (bicyclic) bond motifs is 2. The lowest BCUT2D eigenvalue weighted by molar-refractivity contribution is -0.121. The summed E-state index contributed by atoms with van der Waals surface area (Å²) in [5.41, 5.74) is 1.43. The molecule has 0 radical (unpaired) electrons. The third kappa shape index (κ3) is 2.73. The lowest BCUT2D eigenvalue weighted by atomic mass is 9.70. The summed E-state index contributed by atoms with van der Waals surface area (Å²) >= 11 is 0. The van der Waals surface area contributed by atoms with Gasteiger partial charge in [0.25, 0.3) is 11.5 Å². The van der Waals surface area contributed by atoms with Gasteiger partial charge in [0.2, 0.25) is 5.91 Å². The summed E-state index contributed by atoms with van der Waals surface area (Å²) in [7, 11) is 0. The van der Waals surface area contributed by atoms with E-state index in [4.69, 9.17) is 0 Å². The van der Waals surface area contributed by atoms with Crippen LogP contribution in [0.25, 0.3) is 0 Å². The molecule has 0 bridgehead atoms. The molecule has 3 N–H and O–H groups in total. The molecular formula is C21H22N4O3. The number of aromatic nitrogens is 2. The molecule has 0 atom stereocenters. The van der Waals surface area contributed by atoms with Crippen molar-refractivity contribution < 1.29 is 9.59 Å². The Balaban J connectivity index is 1.42. The van der Waals surface area contributed by atoms with Crippen molar-refractivity contribution in [3.8, 4) is 0 Å². The van der Waals surface area contributed by atoms with E-state index >= 15 is 0 Å². The topological polar surface area (TPSA) is 104 Å². The molecule has 1 aromatic heterocycles. The van der Waals surface area contributed by atoms with Gasteiger partial charge in [-0.1, -0.05) is 19.3 Å². The zero-order valence-corrected chi connectivity index (χ0v) is 15.5. The van der Waals surface area contributed by atoms with Gasteiger partial charge in [0, 0.05) is 23.5 Å². The number of nitrogens with one attached hydrogen (secondary N) is 3. The van der Waals surface area contributed by atoms with Crippen LogP contribution >= 0.6 is 0 Å². The summed E-state index contributed by atoms with van der Waals surface area (Å²) in [5.74, 6) is 0.536. The van der Waals surface area contributed by atoms with Crippen LogP contribution in [0.1, 0.15) is 72.6 Å². The minimum Gasteiger partial charge on any atom is -0.325 e. The van der Waals surface area contributed by atoms with E-state index < -0.39 is 16.9 Å². The second-order valence-electron chi connectivity index (χ2n) is 8.10. The largest absolute Gasteiger partial charge is 0.325 e. The van der Waals surface area contributed by atoms with Crippen LogP contribution in [-0.4, -0.2) is 21.8 Å². The molecule has 2 saturated carbocycles. The second kappa shape index (κ2) is 6.29. The van der Waals surface area contributed by atoms with Crippen LogP contribution in [0, 0.1) is 0 Å². The summed E-state index contributed by atoms with van der Waals surface area (Å²) in [6, 6.07) is 5.45. The molecule has 0 unspecified atom stereocenters. The van der Waals surface area contributed by atoms with Gasteiger partial charge in [-0.2, -0.15) is 0 Å². The highest BCUT2D eigenvalue weighted by Gasteiger charge is 2.47. The number of amides is 2. The number of benzene rings is 1. The molecule has 1 spiro atoms. The monoisotopic (exact) mass is 378 g/mol. The fourth-order valence-electron chi connectivity index (χ4n) is 4.48. The van der Waals surface area contributed by atoms with E-state index in [1.54, 1.807) is 6.07 Å². The van der Waals surface area contributed by atoms with Gasteiger partial charge in [-0.25, -0.2) is 4.98 Å². The third-order valence-electron chi connectivity index (χ3n) is 6.21. The summed E-state index contributed by atoms with van der Waals surface area (Å²) in [6.07, 6.45) is 8.26. The van der Waals surface area contributed by atoms with E-state index in [0.29, 0.717) is 17.4 Å². The molecule has 7 heteroatoms. The van der Waals surface area contributed by atoms with Gasteiger partial charge in [0.1, 0.15) is 11.4 Å². The minimum absolute atomic E-state index is 0.00789. The van der Waals surface area contributed by atoms with E-state index in [-0.39, 0.29) is 11.5 Å². The first-order valence-electron chi connectivity index (χ1n) is 9.93. The summed E-state index contributed by atoms with van der Waals surface area (Å²) in [6.45, 7) is 0. The maximum absolute atomic E-state index is 12.6. The van der Waals surface area contributed by atoms with Gasteiger partial charge in [0.15, 0.2) is 0 Å². The number of aromatic amines is 1. The zero-order chi connectivity index (χ0) is 19.3. The Morgan fingerprint density at radius 3 is 2.64 bits per heavy atom. The number of hydrogen-bond donors (Lipinski definition) is 3. The fraction of sp³-hybridized carbons (Fsp3) is 0.429. The molecule has 1 aliphatic heterocycles. The lowest BCUT2D eigenvalue weighted by Gasteiger charge is -2.31. The molecule has 3 aliphatic rings. The molecule has 7 nitrogen and oxygen atoms in total. The maximum atomic E-state index is 12.6. The molecule has 0 saturated heterocycles. The van der Waals surface area contributed by atoms with E-state index in [1.165, 1.54) is 6.20 Å². The Morgan fingerprint density at radius 2 is 1.93 bits per heavy atom. The first-order valence-corrected chi connectivity index (χ1v) is 9.93. The van der Waals surface area contributed by atoms with Gasteiger partial charge in [0.05, 0.1) is 5.41 Å². The molecule has 2 aromatic rings. The minimum atomic E-state index is -0.494. The number of nitrogens with zero attached hydrogens (tertiary/aromatic N) is 1. The smallest absolute Gasteiger partial charge is 0.263 e. The Hall–Kier alpha value is -2.96. The molecule has 2 amide bonds. The average molecular weight is 378 g/mol. The van der Waals surface area contributed by atoms with Gasteiger partial charge >= 0.3 is 0 Å². The van der Waals surface area contributed by atoms with Crippen LogP contribution in [0.15, 0.2) is 29.2 Å². The summed E-state index contributed by atoms with van der Waals surface area (Å²) in [5, 5.41) is 5.78. The summed E-state index contributed by atoms with van der Waals surface area (Å²) < 4.78 is 0. The van der Waals surface area contributed by atoms with Gasteiger partial charge in [-0.05, 0) is 49.4 Å². The molecule has 5 rings (SSSR count). The molecular weight excluding hydrogens is 356 g/mol. The van der Waals surface area contributed by atoms with Crippen molar-refractivity contribution in [1.29, 1.82) is 0 Å².